The SMILES string of the molecule is C=C1CCC2C(C)(C)CCC[C@@]2(C)C1CCC(C)=CCCC(C)O. The molecule has 0 aromatic rings. The number of fused-ring (bicyclic) bond motifs is 1. The first kappa shape index (κ1) is 19.8. The third kappa shape index (κ3) is 4.34. The van der Waals surface area contributed by atoms with E-state index in [-0.39, 0.29) is 6.10 Å². The number of aliphatic hydroxyl groups is 1. The van der Waals surface area contributed by atoms with E-state index in [4.69, 9.17) is 0 Å². The maximum absolute atomic E-state index is 9.41. The lowest BCUT2D eigenvalue weighted by molar-refractivity contribution is -0.0539. The van der Waals surface area contributed by atoms with Gasteiger partial charge in [-0.15, -0.1) is 0 Å². The maximum Gasteiger partial charge on any atom is 0.0515 e. The van der Waals surface area contributed by atoms with Crippen molar-refractivity contribution in [1.29, 1.82) is 0 Å². The molecule has 138 valence electrons. The van der Waals surface area contributed by atoms with Crippen molar-refractivity contribution in [3.63, 3.8) is 0 Å². The first-order valence-corrected chi connectivity index (χ1v) is 10.2. The van der Waals surface area contributed by atoms with E-state index in [2.05, 4.69) is 40.3 Å². The van der Waals surface area contributed by atoms with Crippen LogP contribution in [0.3, 0.4) is 0 Å². The predicted octanol–water partition coefficient (Wildman–Crippen LogP) is 6.67. The molecule has 0 amide bonds. The fourth-order valence-corrected chi connectivity index (χ4v) is 5.85. The second kappa shape index (κ2) is 7.77. The number of hydrogen-bond donors (Lipinski definition) is 1. The molecule has 1 heteroatoms. The van der Waals surface area contributed by atoms with Crippen molar-refractivity contribution >= 4 is 0 Å². The molecule has 0 aromatic heterocycles. The third-order valence-corrected chi connectivity index (χ3v) is 7.22. The van der Waals surface area contributed by atoms with E-state index in [9.17, 15) is 5.11 Å². The summed E-state index contributed by atoms with van der Waals surface area (Å²) in [6, 6.07) is 0. The second-order valence-corrected chi connectivity index (χ2v) is 9.67. The molecule has 2 saturated carbocycles. The highest BCUT2D eigenvalue weighted by Gasteiger charge is 2.52. The highest BCUT2D eigenvalue weighted by molar-refractivity contribution is 5.16. The Kier molecular flexibility index (Phi) is 6.40. The van der Waals surface area contributed by atoms with Gasteiger partial charge in [0.1, 0.15) is 0 Å². The smallest absolute Gasteiger partial charge is 0.0515 e. The van der Waals surface area contributed by atoms with Gasteiger partial charge in [0.05, 0.1) is 6.10 Å². The molecule has 24 heavy (non-hydrogen) atoms. The summed E-state index contributed by atoms with van der Waals surface area (Å²) in [6.45, 7) is 16.2. The molecule has 1 N–H and O–H groups in total. The maximum atomic E-state index is 9.41. The molecule has 1 nitrogen and oxygen atoms in total. The Balaban J connectivity index is 2.03. The van der Waals surface area contributed by atoms with Gasteiger partial charge in [-0.1, -0.05) is 51.0 Å². The van der Waals surface area contributed by atoms with E-state index in [1.54, 1.807) is 0 Å². The molecule has 0 heterocycles. The largest absolute Gasteiger partial charge is 0.393 e. The predicted molar refractivity (Wildman–Crippen MR) is 105 cm³/mol. The topological polar surface area (TPSA) is 20.2 Å². The van der Waals surface area contributed by atoms with Crippen LogP contribution in [-0.4, -0.2) is 11.2 Å². The van der Waals surface area contributed by atoms with Crippen molar-refractivity contribution in [3.8, 4) is 0 Å². The lowest BCUT2D eigenvalue weighted by atomic mass is 9.47. The van der Waals surface area contributed by atoms with Crippen molar-refractivity contribution in [2.45, 2.75) is 98.5 Å². The van der Waals surface area contributed by atoms with Crippen LogP contribution in [0.1, 0.15) is 92.4 Å². The van der Waals surface area contributed by atoms with Crippen LogP contribution < -0.4 is 0 Å². The molecule has 2 aliphatic rings. The van der Waals surface area contributed by atoms with Crippen LogP contribution in [0, 0.1) is 22.7 Å². The standard InChI is InChI=1S/C23H40O/c1-17(9-7-10-19(3)24)11-13-20-18(2)12-14-21-22(4,5)15-8-16-23(20,21)6/h9,19-21,24H,2,7-8,10-16H2,1,3-6H3/t19?,20?,21?,23-/m0/s1. The van der Waals surface area contributed by atoms with Gasteiger partial charge in [-0.2, -0.15) is 0 Å². The van der Waals surface area contributed by atoms with Crippen molar-refractivity contribution in [2.24, 2.45) is 22.7 Å². The zero-order chi connectivity index (χ0) is 18.0. The van der Waals surface area contributed by atoms with Crippen molar-refractivity contribution in [3.05, 3.63) is 23.8 Å². The second-order valence-electron chi connectivity index (χ2n) is 9.67. The number of allylic oxidation sites excluding steroid dienone is 3. The van der Waals surface area contributed by atoms with E-state index in [1.165, 1.54) is 56.1 Å². The number of rotatable bonds is 6. The van der Waals surface area contributed by atoms with Crippen LogP contribution in [0.2, 0.25) is 0 Å². The average molecular weight is 333 g/mol. The van der Waals surface area contributed by atoms with Crippen LogP contribution >= 0.6 is 0 Å². The van der Waals surface area contributed by atoms with E-state index >= 15 is 0 Å². The average Bonchev–Trinajstić information content (AvgIpc) is 2.45. The van der Waals surface area contributed by atoms with E-state index in [0.717, 1.165) is 18.8 Å². The van der Waals surface area contributed by atoms with Gasteiger partial charge in [0.25, 0.3) is 0 Å². The molecule has 0 aromatic carbocycles. The molecule has 4 atom stereocenters. The molecule has 2 rings (SSSR count). The van der Waals surface area contributed by atoms with Gasteiger partial charge in [-0.25, -0.2) is 0 Å². The van der Waals surface area contributed by atoms with Gasteiger partial charge in [-0.3, -0.25) is 0 Å². The van der Waals surface area contributed by atoms with Crippen molar-refractivity contribution in [1.82, 2.24) is 0 Å². The van der Waals surface area contributed by atoms with Crippen LogP contribution in [0.4, 0.5) is 0 Å². The lowest BCUT2D eigenvalue weighted by Gasteiger charge is -2.58. The molecule has 0 spiro atoms. The summed E-state index contributed by atoms with van der Waals surface area (Å²) in [5, 5.41) is 9.41. The molecule has 0 aliphatic heterocycles. The minimum atomic E-state index is -0.184. The number of hydrogen-bond acceptors (Lipinski definition) is 1. The Labute approximate surface area is 150 Å². The fraction of sp³-hybridized carbons (Fsp3) is 0.826. The highest BCUT2D eigenvalue weighted by Crippen LogP contribution is 2.61. The summed E-state index contributed by atoms with van der Waals surface area (Å²) in [5.74, 6) is 1.55. The van der Waals surface area contributed by atoms with Crippen LogP contribution in [0.5, 0.6) is 0 Å². The van der Waals surface area contributed by atoms with Gasteiger partial charge in [0.15, 0.2) is 0 Å². The van der Waals surface area contributed by atoms with E-state index in [0.29, 0.717) is 16.7 Å². The summed E-state index contributed by atoms with van der Waals surface area (Å²) in [7, 11) is 0. The first-order chi connectivity index (χ1) is 11.2. The van der Waals surface area contributed by atoms with Gasteiger partial charge >= 0.3 is 0 Å². The summed E-state index contributed by atoms with van der Waals surface area (Å²) < 4.78 is 0. The highest BCUT2D eigenvalue weighted by atomic mass is 16.3. The Bertz CT molecular complexity index is 470. The Morgan fingerprint density at radius 1 is 1.33 bits per heavy atom. The Morgan fingerprint density at radius 2 is 2.04 bits per heavy atom. The molecular weight excluding hydrogens is 292 g/mol. The molecule has 0 saturated heterocycles. The van der Waals surface area contributed by atoms with Gasteiger partial charge in [-0.05, 0) is 87.9 Å². The molecule has 0 bridgehead atoms. The summed E-state index contributed by atoms with van der Waals surface area (Å²) >= 11 is 0. The molecule has 3 unspecified atom stereocenters. The lowest BCUT2D eigenvalue weighted by Crippen LogP contribution is -2.49. The van der Waals surface area contributed by atoms with Gasteiger partial charge in [0.2, 0.25) is 0 Å². The fourth-order valence-electron chi connectivity index (χ4n) is 5.85. The molecule has 0 radical (unpaired) electrons. The third-order valence-electron chi connectivity index (χ3n) is 7.22. The zero-order valence-electron chi connectivity index (χ0n) is 16.8. The van der Waals surface area contributed by atoms with E-state index in [1.807, 2.05) is 6.92 Å². The normalized spacial score (nSPS) is 34.8. The summed E-state index contributed by atoms with van der Waals surface area (Å²) in [5.41, 5.74) is 3.96. The van der Waals surface area contributed by atoms with Crippen LogP contribution in [0.15, 0.2) is 23.8 Å². The Morgan fingerprint density at radius 3 is 2.71 bits per heavy atom. The minimum Gasteiger partial charge on any atom is -0.393 e. The van der Waals surface area contributed by atoms with Crippen LogP contribution in [0.25, 0.3) is 0 Å². The number of aliphatic hydroxyl groups excluding tert-OH is 1. The Hall–Kier alpha value is -0.560. The summed E-state index contributed by atoms with van der Waals surface area (Å²) in [4.78, 5) is 0. The van der Waals surface area contributed by atoms with Crippen molar-refractivity contribution < 1.29 is 5.11 Å². The molecule has 2 aliphatic carbocycles. The summed E-state index contributed by atoms with van der Waals surface area (Å²) in [6.07, 6.45) is 13.2. The monoisotopic (exact) mass is 332 g/mol. The first-order valence-electron chi connectivity index (χ1n) is 10.2. The van der Waals surface area contributed by atoms with Gasteiger partial charge < -0.3 is 5.11 Å². The van der Waals surface area contributed by atoms with Crippen molar-refractivity contribution in [2.75, 3.05) is 0 Å². The molecular formula is C23H40O. The molecule has 2 fully saturated rings. The quantitative estimate of drug-likeness (QED) is 0.538. The van der Waals surface area contributed by atoms with Crippen LogP contribution in [-0.2, 0) is 0 Å². The minimum absolute atomic E-state index is 0.184. The zero-order valence-corrected chi connectivity index (χ0v) is 16.8. The van der Waals surface area contributed by atoms with E-state index < -0.39 is 0 Å². The van der Waals surface area contributed by atoms with Gasteiger partial charge in [0, 0.05) is 0 Å².